The first-order valence-electron chi connectivity index (χ1n) is 6.92. The SMILES string of the molecule is CCCn1cc(NC(=O)N2CCCC(CO)C2)cn1. The minimum absolute atomic E-state index is 0.103. The molecule has 0 aromatic carbocycles. The summed E-state index contributed by atoms with van der Waals surface area (Å²) in [6, 6.07) is -0.103. The van der Waals surface area contributed by atoms with Crippen molar-refractivity contribution in [1.82, 2.24) is 14.7 Å². The van der Waals surface area contributed by atoms with Crippen molar-refractivity contribution < 1.29 is 9.90 Å². The zero-order chi connectivity index (χ0) is 13.7. The first kappa shape index (κ1) is 13.9. The van der Waals surface area contributed by atoms with Crippen molar-refractivity contribution in [3.05, 3.63) is 12.4 Å². The van der Waals surface area contributed by atoms with Gasteiger partial charge in [-0.3, -0.25) is 4.68 Å². The molecule has 2 amide bonds. The third-order valence-electron chi connectivity index (χ3n) is 3.40. The fourth-order valence-electron chi connectivity index (χ4n) is 2.38. The summed E-state index contributed by atoms with van der Waals surface area (Å²) in [5.74, 6) is 0.210. The Kier molecular flexibility index (Phi) is 4.79. The number of carbonyl (C=O) groups excluding carboxylic acids is 1. The lowest BCUT2D eigenvalue weighted by Crippen LogP contribution is -2.43. The van der Waals surface area contributed by atoms with E-state index in [1.807, 2.05) is 10.9 Å². The summed E-state index contributed by atoms with van der Waals surface area (Å²) in [6.07, 6.45) is 6.47. The Morgan fingerprint density at radius 1 is 1.63 bits per heavy atom. The quantitative estimate of drug-likeness (QED) is 0.868. The molecule has 6 heteroatoms. The Morgan fingerprint density at radius 3 is 3.21 bits per heavy atom. The number of hydrogen-bond acceptors (Lipinski definition) is 3. The van der Waals surface area contributed by atoms with Crippen LogP contribution in [0.2, 0.25) is 0 Å². The number of hydrogen-bond donors (Lipinski definition) is 2. The van der Waals surface area contributed by atoms with Gasteiger partial charge < -0.3 is 15.3 Å². The Hall–Kier alpha value is -1.56. The molecule has 1 saturated heterocycles. The molecule has 1 aromatic rings. The van der Waals surface area contributed by atoms with Crippen LogP contribution in [0.4, 0.5) is 10.5 Å². The van der Waals surface area contributed by atoms with Gasteiger partial charge in [-0.25, -0.2) is 4.79 Å². The van der Waals surface area contributed by atoms with Crippen molar-refractivity contribution in [2.75, 3.05) is 25.0 Å². The number of aryl methyl sites for hydroxylation is 1. The number of carbonyl (C=O) groups is 1. The Bertz CT molecular complexity index is 419. The van der Waals surface area contributed by atoms with Gasteiger partial charge in [0.1, 0.15) is 0 Å². The maximum atomic E-state index is 12.1. The summed E-state index contributed by atoms with van der Waals surface area (Å²) in [5, 5.41) is 16.2. The molecule has 6 nitrogen and oxygen atoms in total. The number of urea groups is 1. The molecule has 1 aromatic heterocycles. The van der Waals surface area contributed by atoms with E-state index in [4.69, 9.17) is 0 Å². The molecular weight excluding hydrogens is 244 g/mol. The summed E-state index contributed by atoms with van der Waals surface area (Å²) < 4.78 is 1.82. The second-order valence-electron chi connectivity index (χ2n) is 5.06. The lowest BCUT2D eigenvalue weighted by atomic mass is 9.99. The van der Waals surface area contributed by atoms with Crippen molar-refractivity contribution in [2.45, 2.75) is 32.7 Å². The van der Waals surface area contributed by atoms with Crippen LogP contribution >= 0.6 is 0 Å². The summed E-state index contributed by atoms with van der Waals surface area (Å²) in [6.45, 7) is 4.48. The normalized spacial score (nSPS) is 19.5. The molecular formula is C13H22N4O2. The van der Waals surface area contributed by atoms with Crippen LogP contribution in [0.25, 0.3) is 0 Å². The molecule has 19 heavy (non-hydrogen) atoms. The number of rotatable bonds is 4. The van der Waals surface area contributed by atoms with Crippen LogP contribution in [0.1, 0.15) is 26.2 Å². The molecule has 0 spiro atoms. The average molecular weight is 266 g/mol. The third-order valence-corrected chi connectivity index (χ3v) is 3.40. The fourth-order valence-corrected chi connectivity index (χ4v) is 2.38. The third kappa shape index (κ3) is 3.70. The number of nitrogens with zero attached hydrogens (tertiary/aromatic N) is 3. The summed E-state index contributed by atoms with van der Waals surface area (Å²) in [5.41, 5.74) is 0.726. The lowest BCUT2D eigenvalue weighted by Gasteiger charge is -2.31. The van der Waals surface area contributed by atoms with Crippen molar-refractivity contribution in [3.63, 3.8) is 0 Å². The van der Waals surface area contributed by atoms with Gasteiger partial charge in [0.05, 0.1) is 11.9 Å². The maximum Gasteiger partial charge on any atom is 0.321 e. The second kappa shape index (κ2) is 6.56. The van der Waals surface area contributed by atoms with Crippen molar-refractivity contribution >= 4 is 11.7 Å². The second-order valence-corrected chi connectivity index (χ2v) is 5.06. The van der Waals surface area contributed by atoms with E-state index < -0.39 is 0 Å². The van der Waals surface area contributed by atoms with Crippen LogP contribution in [0, 0.1) is 5.92 Å². The van der Waals surface area contributed by atoms with E-state index in [9.17, 15) is 9.90 Å². The van der Waals surface area contributed by atoms with E-state index in [2.05, 4.69) is 17.3 Å². The Morgan fingerprint density at radius 2 is 2.47 bits per heavy atom. The van der Waals surface area contributed by atoms with E-state index in [0.29, 0.717) is 6.54 Å². The monoisotopic (exact) mass is 266 g/mol. The molecule has 1 fully saturated rings. The van der Waals surface area contributed by atoms with Gasteiger partial charge in [-0.05, 0) is 25.2 Å². The van der Waals surface area contributed by atoms with E-state index in [-0.39, 0.29) is 18.6 Å². The van der Waals surface area contributed by atoms with E-state index >= 15 is 0 Å². The van der Waals surface area contributed by atoms with Crippen LogP contribution in [0.5, 0.6) is 0 Å². The minimum atomic E-state index is -0.103. The molecule has 0 bridgehead atoms. The van der Waals surface area contributed by atoms with Gasteiger partial charge in [-0.1, -0.05) is 6.92 Å². The van der Waals surface area contributed by atoms with Crippen molar-refractivity contribution in [3.8, 4) is 0 Å². The molecule has 1 unspecified atom stereocenters. The highest BCUT2D eigenvalue weighted by Gasteiger charge is 2.23. The van der Waals surface area contributed by atoms with Gasteiger partial charge in [0, 0.05) is 32.4 Å². The fraction of sp³-hybridized carbons (Fsp3) is 0.692. The van der Waals surface area contributed by atoms with Crippen LogP contribution in [-0.4, -0.2) is 45.5 Å². The average Bonchev–Trinajstić information content (AvgIpc) is 2.86. The highest BCUT2D eigenvalue weighted by atomic mass is 16.3. The summed E-state index contributed by atoms with van der Waals surface area (Å²) >= 11 is 0. The number of aliphatic hydroxyl groups excluding tert-OH is 1. The van der Waals surface area contributed by atoms with Gasteiger partial charge in [0.2, 0.25) is 0 Å². The van der Waals surface area contributed by atoms with Gasteiger partial charge in [-0.15, -0.1) is 0 Å². The number of piperidine rings is 1. The molecule has 1 atom stereocenters. The highest BCUT2D eigenvalue weighted by molar-refractivity contribution is 5.89. The number of anilines is 1. The molecule has 1 aliphatic rings. The molecule has 1 aliphatic heterocycles. The summed E-state index contributed by atoms with van der Waals surface area (Å²) in [4.78, 5) is 13.9. The molecule has 2 N–H and O–H groups in total. The smallest absolute Gasteiger partial charge is 0.321 e. The molecule has 0 radical (unpaired) electrons. The molecule has 106 valence electrons. The van der Waals surface area contributed by atoms with Gasteiger partial charge in [-0.2, -0.15) is 5.10 Å². The zero-order valence-electron chi connectivity index (χ0n) is 11.4. The number of likely N-dealkylation sites (tertiary alicyclic amines) is 1. The number of aliphatic hydroxyl groups is 1. The minimum Gasteiger partial charge on any atom is -0.396 e. The maximum absolute atomic E-state index is 12.1. The van der Waals surface area contributed by atoms with E-state index in [1.165, 1.54) is 0 Å². The van der Waals surface area contributed by atoms with E-state index in [0.717, 1.165) is 38.0 Å². The molecule has 0 aliphatic carbocycles. The predicted octanol–water partition coefficient (Wildman–Crippen LogP) is 1.53. The van der Waals surface area contributed by atoms with Crippen LogP contribution in [0.3, 0.4) is 0 Å². The number of amides is 2. The van der Waals surface area contributed by atoms with Crippen LogP contribution < -0.4 is 5.32 Å². The highest BCUT2D eigenvalue weighted by Crippen LogP contribution is 2.17. The largest absolute Gasteiger partial charge is 0.396 e. The first-order chi connectivity index (χ1) is 9.22. The zero-order valence-corrected chi connectivity index (χ0v) is 11.4. The lowest BCUT2D eigenvalue weighted by molar-refractivity contribution is 0.136. The van der Waals surface area contributed by atoms with E-state index in [1.54, 1.807) is 11.1 Å². The molecule has 2 rings (SSSR count). The molecule has 2 heterocycles. The Labute approximate surface area is 113 Å². The molecule has 0 saturated carbocycles. The predicted molar refractivity (Wildman–Crippen MR) is 72.9 cm³/mol. The number of nitrogens with one attached hydrogen (secondary N) is 1. The van der Waals surface area contributed by atoms with Crippen LogP contribution in [-0.2, 0) is 6.54 Å². The van der Waals surface area contributed by atoms with Gasteiger partial charge >= 0.3 is 6.03 Å². The van der Waals surface area contributed by atoms with Crippen LogP contribution in [0.15, 0.2) is 12.4 Å². The van der Waals surface area contributed by atoms with Crippen molar-refractivity contribution in [1.29, 1.82) is 0 Å². The summed E-state index contributed by atoms with van der Waals surface area (Å²) in [7, 11) is 0. The Balaban J connectivity index is 1.88. The van der Waals surface area contributed by atoms with Gasteiger partial charge in [0.15, 0.2) is 0 Å². The number of aromatic nitrogens is 2. The standard InChI is InChI=1S/C13H22N4O2/c1-2-5-17-9-12(7-14-17)15-13(19)16-6-3-4-11(8-16)10-18/h7,9,11,18H,2-6,8,10H2,1H3,(H,15,19). The van der Waals surface area contributed by atoms with Gasteiger partial charge in [0.25, 0.3) is 0 Å². The first-order valence-corrected chi connectivity index (χ1v) is 6.92. The topological polar surface area (TPSA) is 70.4 Å². The van der Waals surface area contributed by atoms with Crippen molar-refractivity contribution in [2.24, 2.45) is 5.92 Å².